The van der Waals surface area contributed by atoms with Crippen LogP contribution in [-0.4, -0.2) is 70.4 Å². The third-order valence-corrected chi connectivity index (χ3v) is 4.61. The van der Waals surface area contributed by atoms with Crippen molar-refractivity contribution < 1.29 is 84.2 Å². The standard InChI is InChI=1S/C15H8F17NO2/c1-2-5(16)8(17,18)9(19,20)10(21,22)11(23,24)12(25,26)13(27,28)14(29,30)15(31,32)33-6(34)3-4-7(33)35/h3-5H,2H2,1H3. The Balaban J connectivity index is 3.72. The van der Waals surface area contributed by atoms with E-state index in [-0.39, 0.29) is 19.1 Å². The first kappa shape index (κ1) is 30.7. The maximum Gasteiger partial charge on any atom is 0.404 e. The van der Waals surface area contributed by atoms with Crippen LogP contribution in [0.3, 0.4) is 0 Å². The lowest BCUT2D eigenvalue weighted by Crippen LogP contribution is -2.76. The fourth-order valence-corrected chi connectivity index (χ4v) is 2.46. The van der Waals surface area contributed by atoms with Crippen LogP contribution in [0.2, 0.25) is 0 Å². The summed E-state index contributed by atoms with van der Waals surface area (Å²) in [5.41, 5.74) is 0. The maximum atomic E-state index is 13.8. The van der Waals surface area contributed by atoms with Crippen LogP contribution in [0, 0.1) is 0 Å². The summed E-state index contributed by atoms with van der Waals surface area (Å²) in [5, 5.41) is 0. The van der Waals surface area contributed by atoms with Gasteiger partial charge in [0.15, 0.2) is 6.17 Å². The average molecular weight is 557 g/mol. The SMILES string of the molecule is CCC(F)C(F)(F)C(F)(F)C(F)(F)C(F)(F)C(F)(F)C(F)(F)C(F)(F)C(F)(F)N1C(=O)C=CC1=O. The highest BCUT2D eigenvalue weighted by atomic mass is 19.4. The first-order valence-corrected chi connectivity index (χ1v) is 8.39. The quantitative estimate of drug-likeness (QED) is 0.197. The fourth-order valence-electron chi connectivity index (χ4n) is 2.46. The van der Waals surface area contributed by atoms with E-state index < -0.39 is 76.8 Å². The second-order valence-corrected chi connectivity index (χ2v) is 6.83. The first-order valence-electron chi connectivity index (χ1n) is 8.39. The Hall–Kier alpha value is -2.31. The molecule has 1 heterocycles. The monoisotopic (exact) mass is 557 g/mol. The van der Waals surface area contributed by atoms with Gasteiger partial charge in [0, 0.05) is 12.2 Å². The smallest absolute Gasteiger partial charge is 0.269 e. The van der Waals surface area contributed by atoms with Crippen molar-refractivity contribution in [2.24, 2.45) is 0 Å². The predicted octanol–water partition coefficient (Wildman–Crippen LogP) is 5.70. The molecule has 1 atom stereocenters. The predicted molar refractivity (Wildman–Crippen MR) is 75.8 cm³/mol. The van der Waals surface area contributed by atoms with Gasteiger partial charge in [-0.15, -0.1) is 0 Å². The third kappa shape index (κ3) is 3.63. The summed E-state index contributed by atoms with van der Waals surface area (Å²) < 4.78 is 231. The molecule has 0 spiro atoms. The van der Waals surface area contributed by atoms with Crippen molar-refractivity contribution in [3.63, 3.8) is 0 Å². The summed E-state index contributed by atoms with van der Waals surface area (Å²) in [4.78, 5) is 19.9. The van der Waals surface area contributed by atoms with E-state index in [0.717, 1.165) is 0 Å². The van der Waals surface area contributed by atoms with Crippen molar-refractivity contribution >= 4 is 11.8 Å². The van der Waals surface area contributed by atoms with Crippen molar-refractivity contribution in [2.75, 3.05) is 0 Å². The topological polar surface area (TPSA) is 37.4 Å². The highest BCUT2D eigenvalue weighted by Gasteiger charge is 2.95. The lowest BCUT2D eigenvalue weighted by Gasteiger charge is -2.44. The number of hydrogen-bond donors (Lipinski definition) is 0. The molecule has 0 saturated heterocycles. The molecule has 0 saturated carbocycles. The molecule has 0 aromatic rings. The van der Waals surface area contributed by atoms with Gasteiger partial charge in [0.25, 0.3) is 11.8 Å². The van der Waals surface area contributed by atoms with Gasteiger partial charge < -0.3 is 0 Å². The summed E-state index contributed by atoms with van der Waals surface area (Å²) in [6.07, 6.45) is -7.02. The summed E-state index contributed by atoms with van der Waals surface area (Å²) >= 11 is 0. The molecular formula is C15H8F17NO2. The van der Waals surface area contributed by atoms with Crippen LogP contribution in [-0.2, 0) is 9.59 Å². The van der Waals surface area contributed by atoms with E-state index in [1.54, 1.807) is 0 Å². The summed E-state index contributed by atoms with van der Waals surface area (Å²) in [6.45, 7) is 0.228. The molecule has 2 amide bonds. The zero-order chi connectivity index (χ0) is 28.4. The normalized spacial score (nSPS) is 18.5. The van der Waals surface area contributed by atoms with Gasteiger partial charge >= 0.3 is 47.5 Å². The number of hydrogen-bond acceptors (Lipinski definition) is 2. The van der Waals surface area contributed by atoms with Gasteiger partial charge in [0.2, 0.25) is 0 Å². The molecule has 0 aromatic heterocycles. The molecule has 1 aliphatic heterocycles. The zero-order valence-electron chi connectivity index (χ0n) is 16.1. The number of carbonyl (C=O) groups excluding carboxylic acids is 2. The van der Waals surface area contributed by atoms with Crippen LogP contribution in [0.4, 0.5) is 74.6 Å². The summed E-state index contributed by atoms with van der Waals surface area (Å²) in [7, 11) is 0. The van der Waals surface area contributed by atoms with E-state index in [1.165, 1.54) is 0 Å². The highest BCUT2D eigenvalue weighted by molar-refractivity contribution is 6.13. The Bertz CT molecular complexity index is 876. The van der Waals surface area contributed by atoms with E-state index in [0.29, 0.717) is 0 Å². The Morgan fingerprint density at radius 3 is 1.20 bits per heavy atom. The summed E-state index contributed by atoms with van der Waals surface area (Å²) in [6, 6.07) is -7.21. The molecule has 0 bridgehead atoms. The number of alkyl halides is 17. The van der Waals surface area contributed by atoms with Gasteiger partial charge in [0.1, 0.15) is 0 Å². The van der Waals surface area contributed by atoms with Crippen LogP contribution >= 0.6 is 0 Å². The molecule has 1 aliphatic rings. The van der Waals surface area contributed by atoms with Crippen LogP contribution in [0.25, 0.3) is 0 Å². The number of rotatable bonds is 10. The number of amides is 2. The lowest BCUT2D eigenvalue weighted by molar-refractivity contribution is -0.460. The van der Waals surface area contributed by atoms with Crippen molar-refractivity contribution in [1.29, 1.82) is 0 Å². The van der Waals surface area contributed by atoms with Gasteiger partial charge in [-0.1, -0.05) is 6.92 Å². The number of carbonyl (C=O) groups is 2. The Morgan fingerprint density at radius 1 is 0.600 bits per heavy atom. The van der Waals surface area contributed by atoms with E-state index >= 15 is 0 Å². The molecular weight excluding hydrogens is 549 g/mol. The molecule has 3 nitrogen and oxygen atoms in total. The van der Waals surface area contributed by atoms with E-state index in [1.807, 2.05) is 0 Å². The van der Waals surface area contributed by atoms with Crippen molar-refractivity contribution in [3.8, 4) is 0 Å². The van der Waals surface area contributed by atoms with Crippen molar-refractivity contribution in [2.45, 2.75) is 67.0 Å². The molecule has 0 fully saturated rings. The molecule has 1 unspecified atom stereocenters. The van der Waals surface area contributed by atoms with Gasteiger partial charge in [-0.2, -0.15) is 70.2 Å². The lowest BCUT2D eigenvalue weighted by atomic mass is 9.87. The maximum absolute atomic E-state index is 13.8. The van der Waals surface area contributed by atoms with Crippen molar-refractivity contribution in [3.05, 3.63) is 12.2 Å². The van der Waals surface area contributed by atoms with Gasteiger partial charge in [0.05, 0.1) is 0 Å². The second kappa shape index (κ2) is 8.10. The second-order valence-electron chi connectivity index (χ2n) is 6.83. The molecule has 0 radical (unpaired) electrons. The molecule has 35 heavy (non-hydrogen) atoms. The van der Waals surface area contributed by atoms with Crippen LogP contribution < -0.4 is 0 Å². The first-order chi connectivity index (χ1) is 15.2. The molecule has 20 heteroatoms. The summed E-state index contributed by atoms with van der Waals surface area (Å²) in [5.74, 6) is -62.9. The Labute approximate surface area is 181 Å². The molecule has 0 aromatic carbocycles. The van der Waals surface area contributed by atoms with E-state index in [4.69, 9.17) is 0 Å². The zero-order valence-corrected chi connectivity index (χ0v) is 16.1. The number of halogens is 17. The number of imide groups is 1. The fraction of sp³-hybridized carbons (Fsp3) is 0.733. The van der Waals surface area contributed by atoms with Gasteiger partial charge in [-0.25, -0.2) is 9.29 Å². The van der Waals surface area contributed by atoms with E-state index in [9.17, 15) is 84.2 Å². The molecule has 0 N–H and O–H groups in total. The largest absolute Gasteiger partial charge is 0.404 e. The highest BCUT2D eigenvalue weighted by Crippen LogP contribution is 2.64. The molecule has 0 aliphatic carbocycles. The minimum Gasteiger partial charge on any atom is -0.269 e. The van der Waals surface area contributed by atoms with Crippen LogP contribution in [0.1, 0.15) is 13.3 Å². The van der Waals surface area contributed by atoms with Crippen LogP contribution in [0.15, 0.2) is 12.2 Å². The van der Waals surface area contributed by atoms with Crippen molar-refractivity contribution in [1.82, 2.24) is 4.90 Å². The molecule has 1 rings (SSSR count). The Morgan fingerprint density at radius 2 is 0.886 bits per heavy atom. The minimum absolute atomic E-state index is 0.228. The van der Waals surface area contributed by atoms with Gasteiger partial charge in [-0.05, 0) is 6.42 Å². The molecule has 204 valence electrons. The minimum atomic E-state index is -8.74. The average Bonchev–Trinajstić information content (AvgIpc) is 3.04. The van der Waals surface area contributed by atoms with Gasteiger partial charge in [-0.3, -0.25) is 9.59 Å². The third-order valence-electron chi connectivity index (χ3n) is 4.61. The van der Waals surface area contributed by atoms with E-state index in [2.05, 4.69) is 0 Å². The number of nitrogens with zero attached hydrogens (tertiary/aromatic N) is 1. The Kier molecular flexibility index (Phi) is 7.11. The van der Waals surface area contributed by atoms with Crippen LogP contribution in [0.5, 0.6) is 0 Å².